The van der Waals surface area contributed by atoms with Crippen LogP contribution in [0.2, 0.25) is 0 Å². The van der Waals surface area contributed by atoms with Crippen molar-refractivity contribution in [1.82, 2.24) is 15.4 Å². The van der Waals surface area contributed by atoms with Crippen LogP contribution in [0.5, 0.6) is 0 Å². The molecule has 2 amide bonds. The third-order valence-electron chi connectivity index (χ3n) is 4.41. The second-order valence-electron chi connectivity index (χ2n) is 7.33. The molecule has 1 aromatic heterocycles. The van der Waals surface area contributed by atoms with Gasteiger partial charge in [-0.25, -0.2) is 4.39 Å². The summed E-state index contributed by atoms with van der Waals surface area (Å²) >= 11 is 0. The number of carbonyl (C=O) groups excluding carboxylic acids is 2. The molecule has 0 saturated carbocycles. The lowest BCUT2D eigenvalue weighted by molar-refractivity contribution is -0.139. The molecular formula is C23H34FN3O3. The van der Waals surface area contributed by atoms with Crippen LogP contribution < -0.4 is 5.32 Å². The van der Waals surface area contributed by atoms with Crippen LogP contribution in [-0.4, -0.2) is 34.5 Å². The maximum Gasteiger partial charge on any atom is 0.243 e. The number of aryl methyl sites for hydroxylation is 1. The predicted octanol–water partition coefficient (Wildman–Crippen LogP) is 4.49. The van der Waals surface area contributed by atoms with Gasteiger partial charge in [0.1, 0.15) is 18.1 Å². The molecule has 1 saturated heterocycles. The van der Waals surface area contributed by atoms with Crippen molar-refractivity contribution in [2.24, 2.45) is 5.92 Å². The van der Waals surface area contributed by atoms with Crippen molar-refractivity contribution < 1.29 is 18.5 Å². The molecule has 2 heterocycles. The summed E-state index contributed by atoms with van der Waals surface area (Å²) in [6.07, 6.45) is 3.59. The lowest BCUT2D eigenvalue weighted by Crippen LogP contribution is -2.46. The van der Waals surface area contributed by atoms with E-state index in [-0.39, 0.29) is 29.6 Å². The van der Waals surface area contributed by atoms with E-state index in [9.17, 15) is 14.0 Å². The van der Waals surface area contributed by atoms with Crippen LogP contribution in [-0.2, 0) is 16.1 Å². The third kappa shape index (κ3) is 8.76. The highest BCUT2D eigenvalue weighted by Gasteiger charge is 2.33. The fourth-order valence-electron chi connectivity index (χ4n) is 2.99. The van der Waals surface area contributed by atoms with Gasteiger partial charge in [-0.05, 0) is 43.4 Å². The molecule has 1 aromatic carbocycles. The Morgan fingerprint density at radius 1 is 1.23 bits per heavy atom. The second-order valence-corrected chi connectivity index (χ2v) is 7.33. The van der Waals surface area contributed by atoms with E-state index in [0.29, 0.717) is 25.9 Å². The normalized spacial score (nSPS) is 15.0. The van der Waals surface area contributed by atoms with Crippen LogP contribution >= 0.6 is 0 Å². The number of likely N-dealkylation sites (tertiary alicyclic amines) is 1. The van der Waals surface area contributed by atoms with E-state index in [0.717, 1.165) is 17.7 Å². The molecule has 2 aromatic rings. The summed E-state index contributed by atoms with van der Waals surface area (Å²) in [7, 11) is 0. The van der Waals surface area contributed by atoms with Crippen molar-refractivity contribution in [3.63, 3.8) is 0 Å². The molecule has 3 rings (SSSR count). The van der Waals surface area contributed by atoms with Crippen molar-refractivity contribution in [3.8, 4) is 0 Å². The topological polar surface area (TPSA) is 75.4 Å². The summed E-state index contributed by atoms with van der Waals surface area (Å²) in [6.45, 7) is 10.9. The molecule has 0 spiro atoms. The van der Waals surface area contributed by atoms with Crippen LogP contribution in [0, 0.1) is 18.7 Å². The third-order valence-corrected chi connectivity index (χ3v) is 4.41. The number of carbonyl (C=O) groups is 2. The molecule has 1 fully saturated rings. The average Bonchev–Trinajstić information content (AvgIpc) is 3.40. The molecule has 0 aliphatic carbocycles. The fourth-order valence-corrected chi connectivity index (χ4v) is 2.99. The van der Waals surface area contributed by atoms with Gasteiger partial charge in [0.05, 0.1) is 5.69 Å². The van der Waals surface area contributed by atoms with E-state index in [4.69, 9.17) is 0 Å². The first-order chi connectivity index (χ1) is 14.4. The van der Waals surface area contributed by atoms with Gasteiger partial charge in [-0.3, -0.25) is 9.59 Å². The number of hydrogen-bond donors (Lipinski definition) is 1. The van der Waals surface area contributed by atoms with Crippen LogP contribution in [0.1, 0.15) is 58.2 Å². The Kier molecular flexibility index (Phi) is 11.4. The molecule has 7 heteroatoms. The molecule has 166 valence electrons. The van der Waals surface area contributed by atoms with Gasteiger partial charge in [-0.15, -0.1) is 0 Å². The Bertz CT molecular complexity index is 746. The number of halogens is 1. The van der Waals surface area contributed by atoms with Crippen molar-refractivity contribution in [2.75, 3.05) is 6.54 Å². The summed E-state index contributed by atoms with van der Waals surface area (Å²) in [6, 6.07) is 7.47. The number of rotatable bonds is 5. The first kappa shape index (κ1) is 25.3. The van der Waals surface area contributed by atoms with Gasteiger partial charge < -0.3 is 14.7 Å². The van der Waals surface area contributed by atoms with Crippen LogP contribution in [0.3, 0.4) is 0 Å². The number of aromatic nitrogens is 1. The van der Waals surface area contributed by atoms with Crippen molar-refractivity contribution in [1.29, 1.82) is 0 Å². The smallest absolute Gasteiger partial charge is 0.243 e. The quantitative estimate of drug-likeness (QED) is 0.775. The average molecular weight is 420 g/mol. The number of nitrogens with zero attached hydrogens (tertiary/aromatic N) is 2. The summed E-state index contributed by atoms with van der Waals surface area (Å²) in [5.74, 6) is -0.0827. The molecule has 1 aliphatic rings. The first-order valence-corrected chi connectivity index (χ1v) is 10.6. The standard InChI is InChI=1S/C17H23FN2O2.C4H5NO.C2H6/c1-12(2)10-16(21)20-9-3-4-15(20)17(22)19-11-13-5-7-14(18)8-6-13;1-4-2-3-6-5-4;1-2/h5-8,12,15H,3-4,9-11H2,1-2H3,(H,19,22);2-3H,1H3;1-2H3. The zero-order valence-corrected chi connectivity index (χ0v) is 18.7. The maximum atomic E-state index is 12.8. The van der Waals surface area contributed by atoms with Crippen molar-refractivity contribution in [2.45, 2.75) is 66.5 Å². The summed E-state index contributed by atoms with van der Waals surface area (Å²) in [5, 5.41) is 6.38. The number of hydrogen-bond acceptors (Lipinski definition) is 4. The van der Waals surface area contributed by atoms with Crippen LogP contribution in [0.4, 0.5) is 4.39 Å². The van der Waals surface area contributed by atoms with E-state index in [1.54, 1.807) is 29.4 Å². The van der Waals surface area contributed by atoms with E-state index >= 15 is 0 Å². The van der Waals surface area contributed by atoms with Crippen LogP contribution in [0.25, 0.3) is 0 Å². The maximum absolute atomic E-state index is 12.8. The highest BCUT2D eigenvalue weighted by molar-refractivity contribution is 5.88. The Labute approximate surface area is 178 Å². The molecule has 30 heavy (non-hydrogen) atoms. The fraction of sp³-hybridized carbons (Fsp3) is 0.522. The van der Waals surface area contributed by atoms with E-state index < -0.39 is 0 Å². The Balaban J connectivity index is 0.000000474. The van der Waals surface area contributed by atoms with Crippen LogP contribution in [0.15, 0.2) is 41.1 Å². The monoisotopic (exact) mass is 419 g/mol. The Hall–Kier alpha value is -2.70. The van der Waals surface area contributed by atoms with Gasteiger partial charge in [0.15, 0.2) is 0 Å². The first-order valence-electron chi connectivity index (χ1n) is 10.6. The number of amides is 2. The van der Waals surface area contributed by atoms with Gasteiger partial charge in [0.25, 0.3) is 0 Å². The van der Waals surface area contributed by atoms with Gasteiger partial charge in [0.2, 0.25) is 11.8 Å². The minimum absolute atomic E-state index is 0.0504. The summed E-state index contributed by atoms with van der Waals surface area (Å²) in [5.41, 5.74) is 1.77. The molecule has 1 N–H and O–H groups in total. The highest BCUT2D eigenvalue weighted by atomic mass is 19.1. The minimum atomic E-state index is -0.369. The molecule has 0 radical (unpaired) electrons. The largest absolute Gasteiger partial charge is 0.365 e. The molecule has 1 aliphatic heterocycles. The zero-order valence-electron chi connectivity index (χ0n) is 18.7. The van der Waals surface area contributed by atoms with E-state index in [1.807, 2.05) is 34.6 Å². The molecule has 1 unspecified atom stereocenters. The molecule has 6 nitrogen and oxygen atoms in total. The molecule has 0 bridgehead atoms. The summed E-state index contributed by atoms with van der Waals surface area (Å²) < 4.78 is 17.3. The lowest BCUT2D eigenvalue weighted by Gasteiger charge is -2.24. The van der Waals surface area contributed by atoms with Gasteiger partial charge in [-0.1, -0.05) is 45.0 Å². The van der Waals surface area contributed by atoms with Gasteiger partial charge in [0, 0.05) is 25.6 Å². The second kappa shape index (κ2) is 13.5. The van der Waals surface area contributed by atoms with Gasteiger partial charge >= 0.3 is 0 Å². The highest BCUT2D eigenvalue weighted by Crippen LogP contribution is 2.20. The number of nitrogens with one attached hydrogen (secondary N) is 1. The minimum Gasteiger partial charge on any atom is -0.365 e. The zero-order chi connectivity index (χ0) is 22.5. The van der Waals surface area contributed by atoms with Gasteiger partial charge in [-0.2, -0.15) is 0 Å². The Morgan fingerprint density at radius 2 is 1.90 bits per heavy atom. The molecule has 1 atom stereocenters. The predicted molar refractivity (Wildman–Crippen MR) is 115 cm³/mol. The van der Waals surface area contributed by atoms with Crippen molar-refractivity contribution in [3.05, 3.63) is 53.7 Å². The lowest BCUT2D eigenvalue weighted by atomic mass is 10.1. The summed E-state index contributed by atoms with van der Waals surface area (Å²) in [4.78, 5) is 26.2. The SMILES string of the molecule is CC.CC(C)CC(=O)N1CCCC1C(=O)NCc1ccc(F)cc1.Cc1ccon1. The molecular weight excluding hydrogens is 385 g/mol. The number of benzene rings is 1. The van der Waals surface area contributed by atoms with E-state index in [2.05, 4.69) is 15.0 Å². The Morgan fingerprint density at radius 3 is 2.40 bits per heavy atom. The van der Waals surface area contributed by atoms with E-state index in [1.165, 1.54) is 12.1 Å². The van der Waals surface area contributed by atoms with Crippen molar-refractivity contribution >= 4 is 11.8 Å².